The van der Waals surface area contributed by atoms with Gasteiger partial charge in [0.2, 0.25) is 0 Å². The number of carbonyl (C=O) groups is 2. The van der Waals surface area contributed by atoms with Crippen LogP contribution >= 0.6 is 0 Å². The lowest BCUT2D eigenvalue weighted by Gasteiger charge is -2.43. The van der Waals surface area contributed by atoms with Crippen LogP contribution in [0.1, 0.15) is 34.6 Å². The van der Waals surface area contributed by atoms with E-state index in [2.05, 4.69) is 0 Å². The van der Waals surface area contributed by atoms with Gasteiger partial charge < -0.3 is 14.2 Å². The average Bonchev–Trinajstić information content (AvgIpc) is 3.20. The van der Waals surface area contributed by atoms with E-state index in [1.807, 2.05) is 34.6 Å². The third kappa shape index (κ3) is 1.50. The average molecular weight is 380 g/mol. The lowest BCUT2D eigenvalue weighted by Crippen LogP contribution is -2.52. The smallest absolute Gasteiger partial charge is 0.337 e. The van der Waals surface area contributed by atoms with Crippen molar-refractivity contribution in [2.45, 2.75) is 55.8 Å². The van der Waals surface area contributed by atoms with Gasteiger partial charge in [0.15, 0.2) is 0 Å². The van der Waals surface area contributed by atoms with E-state index >= 15 is 0 Å². The van der Waals surface area contributed by atoms with Crippen LogP contribution in [0, 0.1) is 11.8 Å². The van der Waals surface area contributed by atoms with Crippen LogP contribution in [0.5, 0.6) is 0 Å². The third-order valence-electron chi connectivity index (χ3n) is 7.55. The third-order valence-corrected chi connectivity index (χ3v) is 10.2. The molecule has 0 spiro atoms. The predicted octanol–water partition coefficient (Wildman–Crippen LogP) is 1.66. The summed E-state index contributed by atoms with van der Waals surface area (Å²) in [5.41, 5.74) is 1.61. The zero-order valence-electron chi connectivity index (χ0n) is 16.1. The highest BCUT2D eigenvalue weighted by Crippen LogP contribution is 2.73. The molecule has 0 aromatic heterocycles. The summed E-state index contributed by atoms with van der Waals surface area (Å²) in [5, 5.41) is 0. The Morgan fingerprint density at radius 3 is 2.08 bits per heavy atom. The Kier molecular flexibility index (Phi) is 3.36. The fourth-order valence-electron chi connectivity index (χ4n) is 6.19. The van der Waals surface area contributed by atoms with E-state index < -0.39 is 43.9 Å². The maximum Gasteiger partial charge on any atom is 0.337 e. The molecule has 6 nitrogen and oxygen atoms in total. The Balaban J connectivity index is 2.01. The normalized spacial score (nSPS) is 48.3. The van der Waals surface area contributed by atoms with Gasteiger partial charge in [0.1, 0.15) is 5.60 Å². The molecule has 26 heavy (non-hydrogen) atoms. The molecular formula is C19H24O6S. The van der Waals surface area contributed by atoms with Gasteiger partial charge >= 0.3 is 11.9 Å². The lowest BCUT2D eigenvalue weighted by atomic mass is 9.56. The summed E-state index contributed by atoms with van der Waals surface area (Å²) in [6.07, 6.45) is -0.620. The summed E-state index contributed by atoms with van der Waals surface area (Å²) in [4.78, 5) is 25.1. The molecule has 7 heteroatoms. The Morgan fingerprint density at radius 1 is 1.00 bits per heavy atom. The second-order valence-corrected chi connectivity index (χ2v) is 10.4. The molecule has 4 aliphatic rings. The molecule has 4 aliphatic heterocycles. The van der Waals surface area contributed by atoms with Crippen molar-refractivity contribution in [3.63, 3.8) is 0 Å². The molecule has 0 amide bonds. The van der Waals surface area contributed by atoms with Gasteiger partial charge in [-0.1, -0.05) is 11.1 Å². The van der Waals surface area contributed by atoms with E-state index in [1.165, 1.54) is 14.2 Å². The minimum absolute atomic E-state index is 0.149. The van der Waals surface area contributed by atoms with Gasteiger partial charge in [0, 0.05) is 22.6 Å². The highest BCUT2D eigenvalue weighted by atomic mass is 32.2. The Bertz CT molecular complexity index is 856. The molecule has 4 rings (SSSR count). The van der Waals surface area contributed by atoms with Crippen LogP contribution in [-0.4, -0.2) is 51.6 Å². The van der Waals surface area contributed by atoms with E-state index in [0.29, 0.717) is 0 Å². The molecular weight excluding hydrogens is 356 g/mol. The van der Waals surface area contributed by atoms with Crippen molar-refractivity contribution >= 4 is 22.7 Å². The molecule has 2 unspecified atom stereocenters. The highest BCUT2D eigenvalue weighted by Gasteiger charge is 2.81. The molecule has 2 saturated heterocycles. The van der Waals surface area contributed by atoms with Gasteiger partial charge in [-0.15, -0.1) is 0 Å². The van der Waals surface area contributed by atoms with Crippen molar-refractivity contribution in [2.75, 3.05) is 14.2 Å². The van der Waals surface area contributed by atoms with E-state index in [4.69, 9.17) is 14.2 Å². The van der Waals surface area contributed by atoms with Gasteiger partial charge in [-0.3, -0.25) is 4.21 Å². The minimum atomic E-state index is -1.17. The van der Waals surface area contributed by atoms with Crippen LogP contribution < -0.4 is 0 Å². The molecule has 4 heterocycles. The largest absolute Gasteiger partial charge is 0.466 e. The van der Waals surface area contributed by atoms with Gasteiger partial charge in [0.25, 0.3) is 0 Å². The van der Waals surface area contributed by atoms with Crippen LogP contribution in [0.15, 0.2) is 22.3 Å². The Morgan fingerprint density at radius 2 is 1.54 bits per heavy atom. The molecule has 0 aromatic carbocycles. The molecule has 0 N–H and O–H groups in total. The van der Waals surface area contributed by atoms with Gasteiger partial charge in [0.05, 0.1) is 41.0 Å². The van der Waals surface area contributed by atoms with Gasteiger partial charge in [-0.05, 0) is 34.6 Å². The molecule has 2 fully saturated rings. The number of ether oxygens (including phenoxy) is 3. The number of carbonyl (C=O) groups excluding carboxylic acids is 2. The van der Waals surface area contributed by atoms with Crippen LogP contribution in [0.4, 0.5) is 0 Å². The predicted molar refractivity (Wildman–Crippen MR) is 94.6 cm³/mol. The number of esters is 2. The Hall–Kier alpha value is -1.47. The summed E-state index contributed by atoms with van der Waals surface area (Å²) in [6, 6.07) is 0. The number of hydrogen-bond donors (Lipinski definition) is 0. The molecule has 0 radical (unpaired) electrons. The molecule has 0 aliphatic carbocycles. The Labute approximate surface area is 155 Å². The fourth-order valence-corrected chi connectivity index (χ4v) is 9.05. The second-order valence-electron chi connectivity index (χ2n) is 8.15. The summed E-state index contributed by atoms with van der Waals surface area (Å²) >= 11 is 0. The molecule has 7 atom stereocenters. The highest BCUT2D eigenvalue weighted by molar-refractivity contribution is 7.89. The zero-order chi connectivity index (χ0) is 19.4. The quantitative estimate of drug-likeness (QED) is 0.536. The number of methoxy groups -OCH3 is 2. The monoisotopic (exact) mass is 380 g/mol. The zero-order valence-corrected chi connectivity index (χ0v) is 16.9. The van der Waals surface area contributed by atoms with Crippen LogP contribution in [0.2, 0.25) is 0 Å². The van der Waals surface area contributed by atoms with Crippen molar-refractivity contribution in [3.05, 3.63) is 22.3 Å². The first-order valence-electron chi connectivity index (χ1n) is 8.72. The minimum Gasteiger partial charge on any atom is -0.466 e. The summed E-state index contributed by atoms with van der Waals surface area (Å²) < 4.78 is 28.6. The molecule has 4 bridgehead atoms. The number of rotatable bonds is 2. The first-order chi connectivity index (χ1) is 12.0. The second kappa shape index (κ2) is 4.87. The summed E-state index contributed by atoms with van der Waals surface area (Å²) in [7, 11) is 1.40. The van der Waals surface area contributed by atoms with Crippen LogP contribution in [-0.2, 0) is 34.6 Å². The summed E-state index contributed by atoms with van der Waals surface area (Å²) in [5.74, 6) is -1.49. The van der Waals surface area contributed by atoms with E-state index in [1.54, 1.807) is 0 Å². The van der Waals surface area contributed by atoms with Gasteiger partial charge in [-0.25, -0.2) is 9.59 Å². The number of fused-ring (bicyclic) bond motifs is 9. The molecule has 0 saturated carbocycles. The van der Waals surface area contributed by atoms with Crippen molar-refractivity contribution < 1.29 is 28.0 Å². The lowest BCUT2D eigenvalue weighted by molar-refractivity contribution is -0.140. The van der Waals surface area contributed by atoms with Crippen molar-refractivity contribution in [2.24, 2.45) is 11.8 Å². The SMILES string of the molecule is COC(=O)C1=C(C(=O)OC)[C@]2(C)O[C@H]1[C@H]1[C@@H]2[C@@]2(C)C(C)=C(C)C1(C)S2=O. The van der Waals surface area contributed by atoms with E-state index in [9.17, 15) is 13.8 Å². The van der Waals surface area contributed by atoms with Gasteiger partial charge in [-0.2, -0.15) is 0 Å². The molecule has 142 valence electrons. The topological polar surface area (TPSA) is 78.9 Å². The van der Waals surface area contributed by atoms with Crippen LogP contribution in [0.3, 0.4) is 0 Å². The maximum atomic E-state index is 13.6. The molecule has 0 aromatic rings. The van der Waals surface area contributed by atoms with Crippen molar-refractivity contribution in [1.82, 2.24) is 0 Å². The fraction of sp³-hybridized carbons (Fsp3) is 0.684. The summed E-state index contributed by atoms with van der Waals surface area (Å²) in [6.45, 7) is 9.86. The first-order valence-corrected chi connectivity index (χ1v) is 9.87. The van der Waals surface area contributed by atoms with Crippen LogP contribution in [0.25, 0.3) is 0 Å². The van der Waals surface area contributed by atoms with Crippen molar-refractivity contribution in [1.29, 1.82) is 0 Å². The van der Waals surface area contributed by atoms with E-state index in [-0.39, 0.29) is 23.0 Å². The van der Waals surface area contributed by atoms with E-state index in [0.717, 1.165) is 11.1 Å². The van der Waals surface area contributed by atoms with Crippen molar-refractivity contribution in [3.8, 4) is 0 Å². The first kappa shape index (κ1) is 17.9. The maximum absolute atomic E-state index is 13.6. The standard InChI is InChI=1S/C19H24O6S/c1-8-9(2)19(5)14-12(18(8,4)26(19)22)13-10(15(20)23-6)11(16(21)24-7)17(14,3)25-13/h12-14H,1-7H3/t12-,13+,14-,17-,18?,19+,26?/m0/s1. The number of hydrogen-bond acceptors (Lipinski definition) is 6.